The molecule has 0 radical (unpaired) electrons. The first-order chi connectivity index (χ1) is 11.9. The highest BCUT2D eigenvalue weighted by Crippen LogP contribution is 2.15. The number of amides is 1. The van der Waals surface area contributed by atoms with Crippen LogP contribution >= 0.6 is 0 Å². The van der Waals surface area contributed by atoms with E-state index < -0.39 is 17.9 Å². The summed E-state index contributed by atoms with van der Waals surface area (Å²) in [6.45, 7) is 0.521. The van der Waals surface area contributed by atoms with Crippen molar-refractivity contribution in [3.63, 3.8) is 0 Å². The molecule has 0 aromatic heterocycles. The summed E-state index contributed by atoms with van der Waals surface area (Å²) in [6, 6.07) is 6.37. The third-order valence-electron chi connectivity index (χ3n) is 3.95. The van der Waals surface area contributed by atoms with Crippen molar-refractivity contribution in [1.82, 2.24) is 5.32 Å². The number of hydrogen-bond donors (Lipinski definition) is 4. The van der Waals surface area contributed by atoms with E-state index in [1.165, 1.54) is 6.07 Å². The molecule has 1 rings (SSSR count). The molecule has 4 N–H and O–H groups in total. The number of hydrogen-bond acceptors (Lipinski definition) is 4. The Morgan fingerprint density at radius 1 is 0.880 bits per heavy atom. The second kappa shape index (κ2) is 11.1. The van der Waals surface area contributed by atoms with Gasteiger partial charge < -0.3 is 20.6 Å². The maximum atomic E-state index is 11.8. The van der Waals surface area contributed by atoms with Crippen LogP contribution in [0.4, 0.5) is 0 Å². The van der Waals surface area contributed by atoms with Gasteiger partial charge in [-0.25, -0.2) is 0 Å². The smallest absolute Gasteiger partial charge is 0.317 e. The van der Waals surface area contributed by atoms with Gasteiger partial charge in [0.05, 0.1) is 5.56 Å². The summed E-state index contributed by atoms with van der Waals surface area (Å²) in [6.07, 6.45) is 5.10. The number of phenolic OH excluding ortho intramolecular Hbond substituents is 1. The van der Waals surface area contributed by atoms with Crippen LogP contribution in [0.2, 0.25) is 0 Å². The van der Waals surface area contributed by atoms with E-state index in [-0.39, 0.29) is 23.6 Å². The van der Waals surface area contributed by atoms with Gasteiger partial charge in [-0.05, 0) is 25.0 Å². The van der Waals surface area contributed by atoms with Crippen LogP contribution in [0.1, 0.15) is 55.3 Å². The van der Waals surface area contributed by atoms with Crippen LogP contribution in [0, 0.1) is 5.92 Å². The number of carbonyl (C=O) groups is 3. The van der Waals surface area contributed by atoms with Crippen LogP contribution in [0.15, 0.2) is 24.3 Å². The number of rotatable bonds is 12. The van der Waals surface area contributed by atoms with Gasteiger partial charge in [0.1, 0.15) is 5.75 Å². The van der Waals surface area contributed by atoms with E-state index in [4.69, 9.17) is 10.2 Å². The van der Waals surface area contributed by atoms with E-state index in [1.54, 1.807) is 18.2 Å². The molecule has 0 fully saturated rings. The maximum absolute atomic E-state index is 11.8. The summed E-state index contributed by atoms with van der Waals surface area (Å²) in [5, 5.41) is 29.8. The van der Waals surface area contributed by atoms with Gasteiger partial charge in [0.15, 0.2) is 5.92 Å². The lowest BCUT2D eigenvalue weighted by molar-refractivity contribution is -0.154. The first-order valence-electron chi connectivity index (χ1n) is 8.45. The number of phenols is 1. The molecule has 0 aliphatic heterocycles. The third kappa shape index (κ3) is 7.69. The summed E-state index contributed by atoms with van der Waals surface area (Å²) in [4.78, 5) is 33.3. The first-order valence-corrected chi connectivity index (χ1v) is 8.45. The van der Waals surface area contributed by atoms with Crippen molar-refractivity contribution >= 4 is 17.8 Å². The predicted octanol–water partition coefficient (Wildman–Crippen LogP) is 2.64. The number of carboxylic acids is 2. The fourth-order valence-electron chi connectivity index (χ4n) is 2.50. The number of carbonyl (C=O) groups excluding carboxylic acids is 1. The predicted molar refractivity (Wildman–Crippen MR) is 91.5 cm³/mol. The topological polar surface area (TPSA) is 124 Å². The highest BCUT2D eigenvalue weighted by molar-refractivity contribution is 5.96. The Morgan fingerprint density at radius 3 is 2.04 bits per heavy atom. The van der Waals surface area contributed by atoms with Crippen molar-refractivity contribution < 1.29 is 29.7 Å². The monoisotopic (exact) mass is 351 g/mol. The third-order valence-corrected chi connectivity index (χ3v) is 3.95. The highest BCUT2D eigenvalue weighted by Gasteiger charge is 2.24. The molecule has 0 aliphatic rings. The van der Waals surface area contributed by atoms with Crippen LogP contribution in [0.5, 0.6) is 5.75 Å². The zero-order valence-corrected chi connectivity index (χ0v) is 14.1. The van der Waals surface area contributed by atoms with Gasteiger partial charge >= 0.3 is 11.9 Å². The molecule has 25 heavy (non-hydrogen) atoms. The zero-order chi connectivity index (χ0) is 18.7. The standard InChI is InChI=1S/C18H25NO6/c20-15-11-7-6-9-13(15)16(21)19-12-8-4-2-1-3-5-10-14(17(22)23)18(24)25/h6-7,9,11,14,20H,1-5,8,10,12H2,(H,19,21)(H,22,23)(H,24,25). The van der Waals surface area contributed by atoms with E-state index >= 15 is 0 Å². The summed E-state index contributed by atoms with van der Waals surface area (Å²) < 4.78 is 0. The van der Waals surface area contributed by atoms with E-state index in [9.17, 15) is 19.5 Å². The molecule has 1 aromatic rings. The van der Waals surface area contributed by atoms with Gasteiger partial charge in [-0.1, -0.05) is 44.2 Å². The molecule has 0 saturated carbocycles. The number of aromatic hydroxyl groups is 1. The SMILES string of the molecule is O=C(NCCCCCCCCC(C(=O)O)C(=O)O)c1ccccc1O. The molecule has 1 amide bonds. The molecule has 0 atom stereocenters. The van der Waals surface area contributed by atoms with E-state index in [0.29, 0.717) is 13.0 Å². The zero-order valence-electron chi connectivity index (χ0n) is 14.1. The van der Waals surface area contributed by atoms with E-state index in [2.05, 4.69) is 5.32 Å². The second-order valence-corrected chi connectivity index (χ2v) is 5.91. The van der Waals surface area contributed by atoms with E-state index in [1.807, 2.05) is 0 Å². The lowest BCUT2D eigenvalue weighted by Crippen LogP contribution is -2.24. The van der Waals surface area contributed by atoms with Crippen molar-refractivity contribution in [2.75, 3.05) is 6.54 Å². The molecule has 138 valence electrons. The number of benzene rings is 1. The summed E-state index contributed by atoms with van der Waals surface area (Å²) in [5.74, 6) is -4.22. The molecular formula is C18H25NO6. The second-order valence-electron chi connectivity index (χ2n) is 5.91. The Morgan fingerprint density at radius 2 is 1.44 bits per heavy atom. The molecule has 0 saturated heterocycles. The Kier molecular flexibility index (Phi) is 9.06. The van der Waals surface area contributed by atoms with E-state index in [0.717, 1.165) is 32.1 Å². The van der Waals surface area contributed by atoms with Crippen LogP contribution in [0.25, 0.3) is 0 Å². The Hall–Kier alpha value is -2.57. The van der Waals surface area contributed by atoms with Gasteiger partial charge in [0.25, 0.3) is 5.91 Å². The Labute approximate surface area is 146 Å². The fourth-order valence-corrected chi connectivity index (χ4v) is 2.50. The van der Waals surface area contributed by atoms with Crippen molar-refractivity contribution in [2.24, 2.45) is 5.92 Å². The molecule has 7 nitrogen and oxygen atoms in total. The minimum absolute atomic E-state index is 0.0407. The van der Waals surface area contributed by atoms with Crippen molar-refractivity contribution in [3.8, 4) is 5.75 Å². The number of nitrogens with one attached hydrogen (secondary N) is 1. The minimum Gasteiger partial charge on any atom is -0.507 e. The number of para-hydroxylation sites is 1. The van der Waals surface area contributed by atoms with Crippen LogP contribution < -0.4 is 5.32 Å². The fraction of sp³-hybridized carbons (Fsp3) is 0.500. The molecule has 0 aliphatic carbocycles. The maximum Gasteiger partial charge on any atom is 0.317 e. The van der Waals surface area contributed by atoms with Crippen molar-refractivity contribution in [1.29, 1.82) is 0 Å². The largest absolute Gasteiger partial charge is 0.507 e. The van der Waals surface area contributed by atoms with Gasteiger partial charge in [-0.2, -0.15) is 0 Å². The van der Waals surface area contributed by atoms with Crippen molar-refractivity contribution in [3.05, 3.63) is 29.8 Å². The average molecular weight is 351 g/mol. The molecule has 0 unspecified atom stereocenters. The van der Waals surface area contributed by atoms with Crippen LogP contribution in [0.3, 0.4) is 0 Å². The summed E-state index contributed by atoms with van der Waals surface area (Å²) in [7, 11) is 0. The molecular weight excluding hydrogens is 326 g/mol. The lowest BCUT2D eigenvalue weighted by atomic mass is 10.0. The van der Waals surface area contributed by atoms with Gasteiger partial charge in [-0.15, -0.1) is 0 Å². The highest BCUT2D eigenvalue weighted by atomic mass is 16.4. The summed E-state index contributed by atoms with van der Waals surface area (Å²) in [5.41, 5.74) is 0.258. The molecule has 0 heterocycles. The average Bonchev–Trinajstić information content (AvgIpc) is 2.56. The number of unbranched alkanes of at least 4 members (excludes halogenated alkanes) is 5. The number of aliphatic carboxylic acids is 2. The van der Waals surface area contributed by atoms with Crippen molar-refractivity contribution in [2.45, 2.75) is 44.9 Å². The minimum atomic E-state index is -1.32. The molecule has 7 heteroatoms. The van der Waals surface area contributed by atoms with Gasteiger partial charge in [-0.3, -0.25) is 14.4 Å². The lowest BCUT2D eigenvalue weighted by Gasteiger charge is -2.08. The van der Waals surface area contributed by atoms with Gasteiger partial charge in [0.2, 0.25) is 0 Å². The summed E-state index contributed by atoms with van der Waals surface area (Å²) >= 11 is 0. The van der Waals surface area contributed by atoms with Crippen LogP contribution in [-0.2, 0) is 9.59 Å². The molecule has 1 aromatic carbocycles. The van der Waals surface area contributed by atoms with Crippen LogP contribution in [-0.4, -0.2) is 39.7 Å². The molecule has 0 bridgehead atoms. The first kappa shape index (κ1) is 20.5. The normalized spacial score (nSPS) is 10.6. The number of carboxylic acid groups (broad SMARTS) is 2. The van der Waals surface area contributed by atoms with Gasteiger partial charge in [0, 0.05) is 6.54 Å². The quantitative estimate of drug-likeness (QED) is 0.339. The Balaban J connectivity index is 2.06. The Bertz CT molecular complexity index is 573. The molecule has 0 spiro atoms.